The SMILES string of the molecule is CC(C)CC(CN)Cc1noc(=O)[nH]1. The van der Waals surface area contributed by atoms with Gasteiger partial charge in [-0.1, -0.05) is 19.0 Å². The Hall–Kier alpha value is -1.10. The number of hydrogen-bond acceptors (Lipinski definition) is 4. The molecule has 1 atom stereocenters. The van der Waals surface area contributed by atoms with Crippen LogP contribution in [0, 0.1) is 11.8 Å². The Bertz CT molecular complexity index is 316. The lowest BCUT2D eigenvalue weighted by molar-refractivity contribution is 0.367. The van der Waals surface area contributed by atoms with Crippen LogP contribution in [0.1, 0.15) is 26.1 Å². The number of hydrogen-bond donors (Lipinski definition) is 2. The van der Waals surface area contributed by atoms with Crippen LogP contribution in [0.2, 0.25) is 0 Å². The molecule has 0 aromatic carbocycles. The van der Waals surface area contributed by atoms with E-state index in [0.717, 1.165) is 6.42 Å². The van der Waals surface area contributed by atoms with E-state index in [1.54, 1.807) is 0 Å². The van der Waals surface area contributed by atoms with Gasteiger partial charge < -0.3 is 5.73 Å². The first-order chi connectivity index (χ1) is 6.61. The van der Waals surface area contributed by atoms with Crippen LogP contribution in [0.5, 0.6) is 0 Å². The normalized spacial score (nSPS) is 13.4. The van der Waals surface area contributed by atoms with Crippen LogP contribution < -0.4 is 11.5 Å². The molecule has 1 unspecified atom stereocenters. The van der Waals surface area contributed by atoms with E-state index >= 15 is 0 Å². The molecular formula is C9H17N3O2. The third-order valence-electron chi connectivity index (χ3n) is 2.11. The molecule has 0 aliphatic carbocycles. The first kappa shape index (κ1) is 11.0. The molecular weight excluding hydrogens is 182 g/mol. The minimum atomic E-state index is -0.500. The van der Waals surface area contributed by atoms with Gasteiger partial charge in [0, 0.05) is 6.42 Å². The zero-order valence-electron chi connectivity index (χ0n) is 8.62. The van der Waals surface area contributed by atoms with E-state index in [-0.39, 0.29) is 0 Å². The van der Waals surface area contributed by atoms with Gasteiger partial charge in [0.2, 0.25) is 0 Å². The van der Waals surface area contributed by atoms with E-state index in [2.05, 4.69) is 28.5 Å². The van der Waals surface area contributed by atoms with Gasteiger partial charge in [-0.25, -0.2) is 4.79 Å². The highest BCUT2D eigenvalue weighted by atomic mass is 16.5. The summed E-state index contributed by atoms with van der Waals surface area (Å²) in [6, 6.07) is 0. The maximum Gasteiger partial charge on any atom is 0.438 e. The second-order valence-electron chi connectivity index (χ2n) is 3.98. The van der Waals surface area contributed by atoms with Crippen LogP contribution in [0.4, 0.5) is 0 Å². The fourth-order valence-corrected chi connectivity index (χ4v) is 1.55. The van der Waals surface area contributed by atoms with Crippen molar-refractivity contribution in [2.45, 2.75) is 26.7 Å². The second-order valence-corrected chi connectivity index (χ2v) is 3.98. The molecule has 5 nitrogen and oxygen atoms in total. The van der Waals surface area contributed by atoms with Gasteiger partial charge in [-0.3, -0.25) is 9.51 Å². The summed E-state index contributed by atoms with van der Waals surface area (Å²) in [7, 11) is 0. The molecule has 0 spiro atoms. The molecule has 0 radical (unpaired) electrons. The highest BCUT2D eigenvalue weighted by Crippen LogP contribution is 2.13. The maximum absolute atomic E-state index is 10.7. The van der Waals surface area contributed by atoms with Gasteiger partial charge in [-0.15, -0.1) is 0 Å². The molecule has 1 rings (SSSR count). The molecule has 0 saturated carbocycles. The van der Waals surface area contributed by atoms with Crippen molar-refractivity contribution < 1.29 is 4.52 Å². The Kier molecular flexibility index (Phi) is 3.88. The van der Waals surface area contributed by atoms with Crippen LogP contribution in [-0.2, 0) is 6.42 Å². The van der Waals surface area contributed by atoms with E-state index in [1.807, 2.05) is 0 Å². The summed E-state index contributed by atoms with van der Waals surface area (Å²) in [5, 5.41) is 3.61. The molecule has 0 fully saturated rings. The summed E-state index contributed by atoms with van der Waals surface area (Å²) >= 11 is 0. The molecule has 0 amide bonds. The van der Waals surface area contributed by atoms with Crippen molar-refractivity contribution >= 4 is 0 Å². The summed E-state index contributed by atoms with van der Waals surface area (Å²) in [6.45, 7) is 4.90. The number of nitrogens with one attached hydrogen (secondary N) is 1. The van der Waals surface area contributed by atoms with Crippen molar-refractivity contribution in [3.8, 4) is 0 Å². The van der Waals surface area contributed by atoms with E-state index in [0.29, 0.717) is 30.6 Å². The van der Waals surface area contributed by atoms with Gasteiger partial charge in [0.25, 0.3) is 0 Å². The van der Waals surface area contributed by atoms with Crippen molar-refractivity contribution in [3.63, 3.8) is 0 Å². The quantitative estimate of drug-likeness (QED) is 0.724. The summed E-state index contributed by atoms with van der Waals surface area (Å²) in [5.41, 5.74) is 5.63. The number of rotatable bonds is 5. The van der Waals surface area contributed by atoms with Crippen LogP contribution in [0.15, 0.2) is 9.32 Å². The average molecular weight is 199 g/mol. The molecule has 5 heteroatoms. The van der Waals surface area contributed by atoms with E-state index in [1.165, 1.54) is 0 Å². The lowest BCUT2D eigenvalue weighted by Gasteiger charge is -2.14. The first-order valence-corrected chi connectivity index (χ1v) is 4.86. The Balaban J connectivity index is 2.52. The minimum absolute atomic E-state index is 0.357. The summed E-state index contributed by atoms with van der Waals surface area (Å²) in [5.74, 6) is 1.05. The van der Waals surface area contributed by atoms with Crippen LogP contribution in [-0.4, -0.2) is 16.7 Å². The molecule has 0 saturated heterocycles. The van der Waals surface area contributed by atoms with Gasteiger partial charge in [-0.05, 0) is 24.8 Å². The lowest BCUT2D eigenvalue weighted by atomic mass is 9.94. The Labute approximate surface area is 82.7 Å². The van der Waals surface area contributed by atoms with Crippen LogP contribution in [0.25, 0.3) is 0 Å². The summed E-state index contributed by atoms with van der Waals surface area (Å²) < 4.78 is 4.41. The fourth-order valence-electron chi connectivity index (χ4n) is 1.55. The highest BCUT2D eigenvalue weighted by Gasteiger charge is 2.12. The lowest BCUT2D eigenvalue weighted by Crippen LogP contribution is -2.19. The summed E-state index contributed by atoms with van der Waals surface area (Å²) in [4.78, 5) is 13.2. The molecule has 1 aromatic rings. The van der Waals surface area contributed by atoms with Gasteiger partial charge in [0.05, 0.1) is 0 Å². The number of nitrogens with two attached hydrogens (primary N) is 1. The zero-order chi connectivity index (χ0) is 10.6. The smallest absolute Gasteiger partial charge is 0.330 e. The Morgan fingerprint density at radius 1 is 1.57 bits per heavy atom. The van der Waals surface area contributed by atoms with Gasteiger partial charge in [0.1, 0.15) is 0 Å². The molecule has 1 aromatic heterocycles. The standard InChI is InChI=1S/C9H17N3O2/c1-6(2)3-7(5-10)4-8-11-9(13)14-12-8/h6-7H,3-5,10H2,1-2H3,(H,11,12,13). The Morgan fingerprint density at radius 3 is 2.71 bits per heavy atom. The third kappa shape index (κ3) is 3.33. The largest absolute Gasteiger partial charge is 0.438 e. The topological polar surface area (TPSA) is 84.9 Å². The highest BCUT2D eigenvalue weighted by molar-refractivity contribution is 4.82. The molecule has 1 heterocycles. The molecule has 0 aliphatic heterocycles. The molecule has 14 heavy (non-hydrogen) atoms. The second kappa shape index (κ2) is 4.95. The maximum atomic E-state index is 10.7. The predicted molar refractivity (Wildman–Crippen MR) is 52.8 cm³/mol. The monoisotopic (exact) mass is 199 g/mol. The van der Waals surface area contributed by atoms with Gasteiger partial charge >= 0.3 is 5.76 Å². The van der Waals surface area contributed by atoms with Crippen molar-refractivity contribution in [1.82, 2.24) is 10.1 Å². The summed E-state index contributed by atoms with van der Waals surface area (Å²) in [6.07, 6.45) is 1.71. The molecule has 0 aliphatic rings. The number of H-pyrrole nitrogens is 1. The van der Waals surface area contributed by atoms with E-state index in [4.69, 9.17) is 5.73 Å². The molecule has 3 N–H and O–H groups in total. The van der Waals surface area contributed by atoms with Crippen LogP contribution >= 0.6 is 0 Å². The molecule has 0 bridgehead atoms. The van der Waals surface area contributed by atoms with Crippen molar-refractivity contribution in [1.29, 1.82) is 0 Å². The number of aromatic nitrogens is 2. The molecule has 80 valence electrons. The van der Waals surface area contributed by atoms with Crippen molar-refractivity contribution in [2.75, 3.05) is 6.54 Å². The van der Waals surface area contributed by atoms with Crippen LogP contribution in [0.3, 0.4) is 0 Å². The third-order valence-corrected chi connectivity index (χ3v) is 2.11. The van der Waals surface area contributed by atoms with Gasteiger partial charge in [0.15, 0.2) is 5.82 Å². The van der Waals surface area contributed by atoms with Crippen molar-refractivity contribution in [2.24, 2.45) is 17.6 Å². The van der Waals surface area contributed by atoms with Gasteiger partial charge in [-0.2, -0.15) is 0 Å². The fraction of sp³-hybridized carbons (Fsp3) is 0.778. The van der Waals surface area contributed by atoms with Crippen molar-refractivity contribution in [3.05, 3.63) is 16.4 Å². The average Bonchev–Trinajstić information content (AvgIpc) is 2.49. The van der Waals surface area contributed by atoms with E-state index < -0.39 is 5.76 Å². The number of aromatic amines is 1. The number of nitrogens with zero attached hydrogens (tertiary/aromatic N) is 1. The first-order valence-electron chi connectivity index (χ1n) is 4.86. The Morgan fingerprint density at radius 2 is 2.29 bits per heavy atom. The zero-order valence-corrected chi connectivity index (χ0v) is 8.62. The predicted octanol–water partition coefficient (Wildman–Crippen LogP) is 0.526. The minimum Gasteiger partial charge on any atom is -0.330 e. The van der Waals surface area contributed by atoms with E-state index in [9.17, 15) is 4.79 Å².